The summed E-state index contributed by atoms with van der Waals surface area (Å²) >= 11 is 0. The molecule has 0 saturated carbocycles. The first-order chi connectivity index (χ1) is 8.99. The van der Waals surface area contributed by atoms with Gasteiger partial charge in [-0.3, -0.25) is 4.79 Å². The number of aromatic carboxylic acids is 1. The fourth-order valence-electron chi connectivity index (χ4n) is 2.25. The van der Waals surface area contributed by atoms with Gasteiger partial charge >= 0.3 is 5.97 Å². The molecule has 1 fully saturated rings. The molecule has 0 bridgehead atoms. The zero-order valence-electron chi connectivity index (χ0n) is 11.0. The number of carbonyl (C=O) groups excluding carboxylic acids is 1. The number of carboxylic acid groups (broad SMARTS) is 1. The summed E-state index contributed by atoms with van der Waals surface area (Å²) in [6, 6.07) is 3.01. The summed E-state index contributed by atoms with van der Waals surface area (Å²) in [4.78, 5) is 30.5. The van der Waals surface area contributed by atoms with E-state index in [0.29, 0.717) is 5.69 Å². The second-order valence-electron chi connectivity index (χ2n) is 4.85. The van der Waals surface area contributed by atoms with Crippen molar-refractivity contribution < 1.29 is 14.7 Å². The average molecular weight is 263 g/mol. The van der Waals surface area contributed by atoms with Crippen LogP contribution in [0.25, 0.3) is 0 Å². The van der Waals surface area contributed by atoms with Gasteiger partial charge < -0.3 is 14.9 Å². The van der Waals surface area contributed by atoms with Crippen LogP contribution in [0.1, 0.15) is 16.9 Å². The van der Waals surface area contributed by atoms with E-state index in [1.54, 1.807) is 18.0 Å². The highest BCUT2D eigenvalue weighted by Crippen LogP contribution is 2.20. The van der Waals surface area contributed by atoms with Crippen LogP contribution in [0.5, 0.6) is 0 Å². The Morgan fingerprint density at radius 3 is 2.68 bits per heavy atom. The smallest absolute Gasteiger partial charge is 0.354 e. The Morgan fingerprint density at radius 2 is 2.21 bits per heavy atom. The van der Waals surface area contributed by atoms with Crippen LogP contribution in [0.3, 0.4) is 0 Å². The van der Waals surface area contributed by atoms with E-state index >= 15 is 0 Å². The SMILES string of the molecule is CN1CCC(C(=O)N(C)c2ccc(C(=O)O)nc2)C1. The highest BCUT2D eigenvalue weighted by atomic mass is 16.4. The molecule has 0 aromatic carbocycles. The molecule has 0 aliphatic carbocycles. The predicted octanol–water partition coefficient (Wildman–Crippen LogP) is 0.694. The molecule has 102 valence electrons. The monoisotopic (exact) mass is 263 g/mol. The molecule has 1 saturated heterocycles. The van der Waals surface area contributed by atoms with Crippen LogP contribution in [-0.2, 0) is 4.79 Å². The molecule has 1 aliphatic rings. The number of nitrogens with zero attached hydrogens (tertiary/aromatic N) is 3. The molecule has 1 N–H and O–H groups in total. The molecule has 2 heterocycles. The number of hydrogen-bond donors (Lipinski definition) is 1. The maximum atomic E-state index is 12.3. The second-order valence-corrected chi connectivity index (χ2v) is 4.85. The number of amides is 1. The van der Waals surface area contributed by atoms with Crippen molar-refractivity contribution in [3.8, 4) is 0 Å². The Labute approximate surface area is 111 Å². The van der Waals surface area contributed by atoms with Crippen molar-refractivity contribution in [3.05, 3.63) is 24.0 Å². The predicted molar refractivity (Wildman–Crippen MR) is 70.2 cm³/mol. The molecule has 1 aromatic rings. The Balaban J connectivity index is 2.08. The minimum Gasteiger partial charge on any atom is -0.477 e. The summed E-state index contributed by atoms with van der Waals surface area (Å²) in [5.74, 6) is -1.01. The number of likely N-dealkylation sites (tertiary alicyclic amines) is 1. The minimum atomic E-state index is -1.07. The van der Waals surface area contributed by atoms with Crippen molar-refractivity contribution >= 4 is 17.6 Å². The van der Waals surface area contributed by atoms with Gasteiger partial charge in [0, 0.05) is 13.6 Å². The number of anilines is 1. The molecule has 6 heteroatoms. The molecular formula is C13H17N3O3. The lowest BCUT2D eigenvalue weighted by Gasteiger charge is -2.20. The van der Waals surface area contributed by atoms with Gasteiger partial charge in [-0.05, 0) is 32.1 Å². The van der Waals surface area contributed by atoms with Crippen molar-refractivity contribution in [2.75, 3.05) is 32.1 Å². The third-order valence-corrected chi connectivity index (χ3v) is 3.43. The quantitative estimate of drug-likeness (QED) is 0.868. The van der Waals surface area contributed by atoms with Gasteiger partial charge in [0.1, 0.15) is 5.69 Å². The molecule has 1 aromatic heterocycles. The first-order valence-corrected chi connectivity index (χ1v) is 6.14. The number of aromatic nitrogens is 1. The average Bonchev–Trinajstić information content (AvgIpc) is 2.84. The molecule has 0 spiro atoms. The lowest BCUT2D eigenvalue weighted by Crippen LogP contribution is -2.34. The zero-order chi connectivity index (χ0) is 14.0. The lowest BCUT2D eigenvalue weighted by molar-refractivity contribution is -0.121. The third-order valence-electron chi connectivity index (χ3n) is 3.43. The normalized spacial score (nSPS) is 19.4. The maximum absolute atomic E-state index is 12.3. The van der Waals surface area contributed by atoms with E-state index in [1.807, 2.05) is 7.05 Å². The number of hydrogen-bond acceptors (Lipinski definition) is 4. The van der Waals surface area contributed by atoms with E-state index < -0.39 is 5.97 Å². The Kier molecular flexibility index (Phi) is 3.80. The molecule has 19 heavy (non-hydrogen) atoms. The standard InChI is InChI=1S/C13H17N3O3/c1-15-6-5-9(8-15)12(17)16(2)10-3-4-11(13(18)19)14-7-10/h3-4,7,9H,5-6,8H2,1-2H3,(H,18,19). The van der Waals surface area contributed by atoms with Gasteiger partial charge in [-0.1, -0.05) is 0 Å². The van der Waals surface area contributed by atoms with Crippen molar-refractivity contribution in [2.24, 2.45) is 5.92 Å². The molecule has 1 aliphatic heterocycles. The molecule has 1 amide bonds. The van der Waals surface area contributed by atoms with Crippen LogP contribution >= 0.6 is 0 Å². The van der Waals surface area contributed by atoms with Gasteiger partial charge in [-0.15, -0.1) is 0 Å². The van der Waals surface area contributed by atoms with E-state index in [0.717, 1.165) is 19.5 Å². The Morgan fingerprint density at radius 1 is 1.47 bits per heavy atom. The number of pyridine rings is 1. The Bertz CT molecular complexity index is 486. The molecule has 2 rings (SSSR count). The van der Waals surface area contributed by atoms with Gasteiger partial charge in [-0.2, -0.15) is 0 Å². The summed E-state index contributed by atoms with van der Waals surface area (Å²) in [7, 11) is 3.69. The van der Waals surface area contributed by atoms with Gasteiger partial charge in [0.2, 0.25) is 5.91 Å². The molecular weight excluding hydrogens is 246 g/mol. The maximum Gasteiger partial charge on any atom is 0.354 e. The van der Waals surface area contributed by atoms with Gasteiger partial charge in [0.15, 0.2) is 0 Å². The van der Waals surface area contributed by atoms with Gasteiger partial charge in [0.25, 0.3) is 0 Å². The van der Waals surface area contributed by atoms with Crippen molar-refractivity contribution in [1.29, 1.82) is 0 Å². The number of carbonyl (C=O) groups is 2. The Hall–Kier alpha value is -1.95. The van der Waals surface area contributed by atoms with Crippen molar-refractivity contribution in [3.63, 3.8) is 0 Å². The molecule has 1 atom stereocenters. The summed E-state index contributed by atoms with van der Waals surface area (Å²) in [5.41, 5.74) is 0.592. The third kappa shape index (κ3) is 2.90. The fourth-order valence-corrected chi connectivity index (χ4v) is 2.25. The number of rotatable bonds is 3. The summed E-state index contributed by atoms with van der Waals surface area (Å²) < 4.78 is 0. The lowest BCUT2D eigenvalue weighted by atomic mass is 10.1. The van der Waals surface area contributed by atoms with Crippen molar-refractivity contribution in [1.82, 2.24) is 9.88 Å². The largest absolute Gasteiger partial charge is 0.477 e. The second kappa shape index (κ2) is 5.36. The van der Waals surface area contributed by atoms with E-state index in [1.165, 1.54) is 12.3 Å². The highest BCUT2D eigenvalue weighted by Gasteiger charge is 2.29. The van der Waals surface area contributed by atoms with Crippen LogP contribution in [-0.4, -0.2) is 54.1 Å². The molecule has 6 nitrogen and oxygen atoms in total. The molecule has 1 unspecified atom stereocenters. The highest BCUT2D eigenvalue weighted by molar-refractivity contribution is 5.95. The van der Waals surface area contributed by atoms with Gasteiger partial charge in [-0.25, -0.2) is 9.78 Å². The molecule has 0 radical (unpaired) electrons. The van der Waals surface area contributed by atoms with E-state index in [2.05, 4.69) is 9.88 Å². The van der Waals surface area contributed by atoms with Crippen LogP contribution in [0.4, 0.5) is 5.69 Å². The van der Waals surface area contributed by atoms with Crippen LogP contribution < -0.4 is 4.90 Å². The summed E-state index contributed by atoms with van der Waals surface area (Å²) in [6.07, 6.45) is 2.28. The zero-order valence-corrected chi connectivity index (χ0v) is 11.0. The minimum absolute atomic E-state index is 0.00847. The fraction of sp³-hybridized carbons (Fsp3) is 0.462. The van der Waals surface area contributed by atoms with E-state index in [4.69, 9.17) is 5.11 Å². The first kappa shape index (κ1) is 13.5. The topological polar surface area (TPSA) is 73.7 Å². The van der Waals surface area contributed by atoms with E-state index in [9.17, 15) is 9.59 Å². The van der Waals surface area contributed by atoms with E-state index in [-0.39, 0.29) is 17.5 Å². The van der Waals surface area contributed by atoms with Gasteiger partial charge in [0.05, 0.1) is 17.8 Å². The first-order valence-electron chi connectivity index (χ1n) is 6.14. The summed E-state index contributed by atoms with van der Waals surface area (Å²) in [5, 5.41) is 8.78. The van der Waals surface area contributed by atoms with Crippen LogP contribution in [0.15, 0.2) is 18.3 Å². The summed E-state index contributed by atoms with van der Waals surface area (Å²) in [6.45, 7) is 1.70. The number of carboxylic acids is 1. The van der Waals surface area contributed by atoms with Crippen molar-refractivity contribution in [2.45, 2.75) is 6.42 Å². The van der Waals surface area contributed by atoms with Crippen LogP contribution in [0.2, 0.25) is 0 Å². The van der Waals surface area contributed by atoms with Crippen LogP contribution in [0, 0.1) is 5.92 Å².